The summed E-state index contributed by atoms with van der Waals surface area (Å²) in [6.45, 7) is 7.31. The lowest BCUT2D eigenvalue weighted by Crippen LogP contribution is -2.44. The van der Waals surface area contributed by atoms with Gasteiger partial charge < -0.3 is 15.1 Å². The number of likely N-dealkylation sites (tertiary alicyclic amines) is 1. The molecule has 5 heteroatoms. The first-order valence-corrected chi connectivity index (χ1v) is 7.45. The van der Waals surface area contributed by atoms with Gasteiger partial charge in [0.2, 0.25) is 0 Å². The van der Waals surface area contributed by atoms with Crippen molar-refractivity contribution >= 4 is 5.96 Å². The molecule has 0 saturated carbocycles. The van der Waals surface area contributed by atoms with Gasteiger partial charge in [-0.2, -0.15) is 0 Å². The highest BCUT2D eigenvalue weighted by molar-refractivity contribution is 5.79. The maximum absolute atomic E-state index is 5.61. The summed E-state index contributed by atoms with van der Waals surface area (Å²) in [7, 11) is 1.80. The van der Waals surface area contributed by atoms with Crippen LogP contribution in [0.15, 0.2) is 27.8 Å². The molecule has 1 atom stereocenters. The van der Waals surface area contributed by atoms with Crippen molar-refractivity contribution in [3.63, 3.8) is 0 Å². The first-order valence-electron chi connectivity index (χ1n) is 7.45. The largest absolute Gasteiger partial charge is 0.468 e. The van der Waals surface area contributed by atoms with Crippen LogP contribution in [0.4, 0.5) is 0 Å². The van der Waals surface area contributed by atoms with Crippen molar-refractivity contribution in [2.45, 2.75) is 38.8 Å². The number of nitrogens with one attached hydrogen (secondary N) is 2. The van der Waals surface area contributed by atoms with Gasteiger partial charge in [-0.25, -0.2) is 0 Å². The van der Waals surface area contributed by atoms with E-state index in [0.717, 1.165) is 31.4 Å². The van der Waals surface area contributed by atoms with Gasteiger partial charge in [0.1, 0.15) is 5.76 Å². The second-order valence-electron chi connectivity index (χ2n) is 5.53. The quantitative estimate of drug-likeness (QED) is 0.639. The molecule has 2 N–H and O–H groups in total. The molecule has 1 aromatic rings. The van der Waals surface area contributed by atoms with E-state index < -0.39 is 0 Å². The lowest BCUT2D eigenvalue weighted by molar-refractivity contribution is 0.215. The molecular weight excluding hydrogens is 252 g/mol. The van der Waals surface area contributed by atoms with Crippen molar-refractivity contribution in [3.8, 4) is 0 Å². The summed E-state index contributed by atoms with van der Waals surface area (Å²) in [5.41, 5.74) is 0. The minimum absolute atomic E-state index is 0.276. The molecule has 1 aliphatic rings. The molecule has 112 valence electrons. The standard InChI is InChI=1S/C15H26N4O/c1-12(2)18-15(16-3)17-11-13(14-7-6-10-20-14)19-8-4-5-9-19/h6-7,10,12-13H,4-5,8-9,11H2,1-3H3,(H2,16,17,18). The second-order valence-corrected chi connectivity index (χ2v) is 5.53. The van der Waals surface area contributed by atoms with Crippen LogP contribution in [-0.2, 0) is 0 Å². The van der Waals surface area contributed by atoms with E-state index in [1.807, 2.05) is 6.07 Å². The van der Waals surface area contributed by atoms with Crippen molar-refractivity contribution in [1.29, 1.82) is 0 Å². The first kappa shape index (κ1) is 14.9. The zero-order valence-corrected chi connectivity index (χ0v) is 12.7. The SMILES string of the molecule is CN=C(NCC(c1ccco1)N1CCCC1)NC(C)C. The van der Waals surface area contributed by atoms with E-state index in [-0.39, 0.29) is 6.04 Å². The summed E-state index contributed by atoms with van der Waals surface area (Å²) in [5.74, 6) is 1.87. The average molecular weight is 278 g/mol. The van der Waals surface area contributed by atoms with Crippen LogP contribution in [0.1, 0.15) is 38.5 Å². The third kappa shape index (κ3) is 4.00. The van der Waals surface area contributed by atoms with Gasteiger partial charge >= 0.3 is 0 Å². The highest BCUT2D eigenvalue weighted by atomic mass is 16.3. The molecule has 2 rings (SSSR count). The monoisotopic (exact) mass is 278 g/mol. The fourth-order valence-corrected chi connectivity index (χ4v) is 2.61. The van der Waals surface area contributed by atoms with Gasteiger partial charge in [0.15, 0.2) is 5.96 Å². The Morgan fingerprint density at radius 1 is 1.40 bits per heavy atom. The molecule has 0 spiro atoms. The van der Waals surface area contributed by atoms with Crippen LogP contribution in [0.3, 0.4) is 0 Å². The Kier molecular flexibility index (Phi) is 5.47. The smallest absolute Gasteiger partial charge is 0.191 e. The van der Waals surface area contributed by atoms with E-state index in [2.05, 4.69) is 40.4 Å². The van der Waals surface area contributed by atoms with Crippen LogP contribution in [0.25, 0.3) is 0 Å². The molecule has 5 nitrogen and oxygen atoms in total. The lowest BCUT2D eigenvalue weighted by atomic mass is 10.2. The third-order valence-electron chi connectivity index (χ3n) is 3.56. The van der Waals surface area contributed by atoms with Crippen LogP contribution in [-0.4, -0.2) is 43.6 Å². The van der Waals surface area contributed by atoms with Crippen molar-refractivity contribution in [2.75, 3.05) is 26.7 Å². The van der Waals surface area contributed by atoms with E-state index >= 15 is 0 Å². The van der Waals surface area contributed by atoms with Crippen molar-refractivity contribution in [3.05, 3.63) is 24.2 Å². The van der Waals surface area contributed by atoms with Crippen LogP contribution in [0.5, 0.6) is 0 Å². The van der Waals surface area contributed by atoms with Crippen LogP contribution < -0.4 is 10.6 Å². The van der Waals surface area contributed by atoms with Gasteiger partial charge in [-0.1, -0.05) is 0 Å². The number of hydrogen-bond acceptors (Lipinski definition) is 3. The molecule has 0 radical (unpaired) electrons. The normalized spacial score (nSPS) is 18.5. The van der Waals surface area contributed by atoms with E-state index in [1.165, 1.54) is 12.8 Å². The molecule has 20 heavy (non-hydrogen) atoms. The second kappa shape index (κ2) is 7.33. The first-order chi connectivity index (χ1) is 9.70. The molecule has 1 aliphatic heterocycles. The van der Waals surface area contributed by atoms with Crippen LogP contribution in [0.2, 0.25) is 0 Å². The Morgan fingerprint density at radius 2 is 2.15 bits per heavy atom. The number of rotatable bonds is 5. The van der Waals surface area contributed by atoms with Gasteiger partial charge in [-0.15, -0.1) is 0 Å². The van der Waals surface area contributed by atoms with Crippen molar-refractivity contribution < 1.29 is 4.42 Å². The Hall–Kier alpha value is -1.49. The molecule has 0 aliphatic carbocycles. The highest BCUT2D eigenvalue weighted by Crippen LogP contribution is 2.24. The van der Waals surface area contributed by atoms with Crippen molar-refractivity contribution in [2.24, 2.45) is 4.99 Å². The zero-order valence-electron chi connectivity index (χ0n) is 12.7. The van der Waals surface area contributed by atoms with E-state index in [4.69, 9.17) is 4.42 Å². The number of aliphatic imine (C=N–C) groups is 1. The zero-order chi connectivity index (χ0) is 14.4. The summed E-state index contributed by atoms with van der Waals surface area (Å²) in [6, 6.07) is 4.66. The Morgan fingerprint density at radius 3 is 2.70 bits per heavy atom. The van der Waals surface area contributed by atoms with E-state index in [0.29, 0.717) is 6.04 Å². The molecule has 1 fully saturated rings. The van der Waals surface area contributed by atoms with Gasteiger partial charge in [0.05, 0.1) is 12.3 Å². The van der Waals surface area contributed by atoms with Gasteiger partial charge in [-0.05, 0) is 51.9 Å². The fraction of sp³-hybridized carbons (Fsp3) is 0.667. The third-order valence-corrected chi connectivity index (χ3v) is 3.56. The maximum atomic E-state index is 5.61. The number of hydrogen-bond donors (Lipinski definition) is 2. The molecule has 1 unspecified atom stereocenters. The van der Waals surface area contributed by atoms with Gasteiger partial charge in [0.25, 0.3) is 0 Å². The minimum Gasteiger partial charge on any atom is -0.468 e. The summed E-state index contributed by atoms with van der Waals surface area (Å²) in [4.78, 5) is 6.73. The number of guanidine groups is 1. The summed E-state index contributed by atoms with van der Waals surface area (Å²) in [6.07, 6.45) is 4.30. The molecule has 1 saturated heterocycles. The molecule has 0 amide bonds. The van der Waals surface area contributed by atoms with Gasteiger partial charge in [-0.3, -0.25) is 9.89 Å². The number of nitrogens with zero attached hydrogens (tertiary/aromatic N) is 2. The van der Waals surface area contributed by atoms with Gasteiger partial charge in [0, 0.05) is 19.6 Å². The molecular formula is C15H26N4O. The summed E-state index contributed by atoms with van der Waals surface area (Å²) >= 11 is 0. The Balaban J connectivity index is 1.97. The van der Waals surface area contributed by atoms with E-state index in [1.54, 1.807) is 13.3 Å². The van der Waals surface area contributed by atoms with E-state index in [9.17, 15) is 0 Å². The number of furan rings is 1. The lowest BCUT2D eigenvalue weighted by Gasteiger charge is -2.27. The van der Waals surface area contributed by atoms with Crippen LogP contribution in [0, 0.1) is 0 Å². The predicted octanol–water partition coefficient (Wildman–Crippen LogP) is 1.99. The maximum Gasteiger partial charge on any atom is 0.191 e. The molecule has 2 heterocycles. The molecule has 0 bridgehead atoms. The van der Waals surface area contributed by atoms with Crippen molar-refractivity contribution in [1.82, 2.24) is 15.5 Å². The summed E-state index contributed by atoms with van der Waals surface area (Å²) < 4.78 is 5.61. The minimum atomic E-state index is 0.276. The molecule has 1 aromatic heterocycles. The highest BCUT2D eigenvalue weighted by Gasteiger charge is 2.25. The topological polar surface area (TPSA) is 52.8 Å². The average Bonchev–Trinajstić information content (AvgIpc) is 3.10. The summed E-state index contributed by atoms with van der Waals surface area (Å²) in [5, 5.41) is 6.71. The Bertz CT molecular complexity index is 408. The predicted molar refractivity (Wildman–Crippen MR) is 81.9 cm³/mol. The molecule has 0 aromatic carbocycles. The van der Waals surface area contributed by atoms with Crippen LogP contribution >= 0.6 is 0 Å². The Labute approximate surface area is 121 Å². The fourth-order valence-electron chi connectivity index (χ4n) is 2.61.